The fourth-order valence-electron chi connectivity index (χ4n) is 1.29. The Morgan fingerprint density at radius 2 is 1.65 bits per heavy atom. The molecule has 0 amide bonds. The standard InChI is InChI=1S/C13H22O4/c1-11(2)13(15)17-10-8-6-4-5-7-9-12(14)16-3/h1,4-10H2,2-3H3. The zero-order valence-corrected chi connectivity index (χ0v) is 10.8. The summed E-state index contributed by atoms with van der Waals surface area (Å²) in [6, 6.07) is 0. The first kappa shape index (κ1) is 15.7. The van der Waals surface area contributed by atoms with Gasteiger partial charge in [-0.1, -0.05) is 25.8 Å². The largest absolute Gasteiger partial charge is 0.469 e. The molecule has 0 unspecified atom stereocenters. The van der Waals surface area contributed by atoms with Gasteiger partial charge in [-0.3, -0.25) is 4.79 Å². The van der Waals surface area contributed by atoms with Gasteiger partial charge in [0.05, 0.1) is 13.7 Å². The summed E-state index contributed by atoms with van der Waals surface area (Å²) >= 11 is 0. The summed E-state index contributed by atoms with van der Waals surface area (Å²) in [5.74, 6) is -0.476. The van der Waals surface area contributed by atoms with Crippen molar-refractivity contribution in [3.8, 4) is 0 Å². The van der Waals surface area contributed by atoms with Crippen molar-refractivity contribution in [3.05, 3.63) is 12.2 Å². The van der Waals surface area contributed by atoms with Crippen LogP contribution in [0.5, 0.6) is 0 Å². The van der Waals surface area contributed by atoms with Crippen LogP contribution < -0.4 is 0 Å². The number of hydrogen-bond acceptors (Lipinski definition) is 4. The Kier molecular flexibility index (Phi) is 9.11. The molecule has 0 radical (unpaired) electrons. The van der Waals surface area contributed by atoms with E-state index in [2.05, 4.69) is 11.3 Å². The highest BCUT2D eigenvalue weighted by atomic mass is 16.5. The first-order valence-corrected chi connectivity index (χ1v) is 5.97. The molecule has 0 saturated carbocycles. The minimum atomic E-state index is -0.323. The van der Waals surface area contributed by atoms with Crippen molar-refractivity contribution in [1.82, 2.24) is 0 Å². The number of carbonyl (C=O) groups is 2. The van der Waals surface area contributed by atoms with Crippen molar-refractivity contribution in [2.45, 2.75) is 45.4 Å². The molecule has 0 spiro atoms. The zero-order valence-electron chi connectivity index (χ0n) is 10.8. The molecule has 98 valence electrons. The molecule has 0 aliphatic carbocycles. The Labute approximate surface area is 103 Å². The minimum Gasteiger partial charge on any atom is -0.469 e. The molecule has 0 bridgehead atoms. The van der Waals surface area contributed by atoms with E-state index in [1.807, 2.05) is 0 Å². The van der Waals surface area contributed by atoms with Crippen molar-refractivity contribution in [1.29, 1.82) is 0 Å². The maximum Gasteiger partial charge on any atom is 0.333 e. The molecular weight excluding hydrogens is 220 g/mol. The molecule has 0 aliphatic rings. The van der Waals surface area contributed by atoms with E-state index < -0.39 is 0 Å². The van der Waals surface area contributed by atoms with E-state index in [0.29, 0.717) is 18.6 Å². The van der Waals surface area contributed by atoms with Crippen LogP contribution in [-0.4, -0.2) is 25.7 Å². The molecule has 4 heteroatoms. The van der Waals surface area contributed by atoms with Crippen LogP contribution in [-0.2, 0) is 19.1 Å². The van der Waals surface area contributed by atoms with Gasteiger partial charge in [-0.25, -0.2) is 4.79 Å². The Morgan fingerprint density at radius 1 is 1.06 bits per heavy atom. The maximum atomic E-state index is 11.0. The SMILES string of the molecule is C=C(C)C(=O)OCCCCCCCC(=O)OC. The maximum absolute atomic E-state index is 11.0. The number of hydrogen-bond donors (Lipinski definition) is 0. The molecule has 0 aliphatic heterocycles. The van der Waals surface area contributed by atoms with Crippen LogP contribution >= 0.6 is 0 Å². The lowest BCUT2D eigenvalue weighted by molar-refractivity contribution is -0.141. The third kappa shape index (κ3) is 9.60. The summed E-state index contributed by atoms with van der Waals surface area (Å²) in [6.07, 6.45) is 5.26. The van der Waals surface area contributed by atoms with Crippen LogP contribution in [0.25, 0.3) is 0 Å². The molecule has 0 N–H and O–H groups in total. The lowest BCUT2D eigenvalue weighted by atomic mass is 10.1. The lowest BCUT2D eigenvalue weighted by Crippen LogP contribution is -2.06. The van der Waals surface area contributed by atoms with Gasteiger partial charge in [0.15, 0.2) is 0 Å². The second-order valence-electron chi connectivity index (χ2n) is 4.01. The average molecular weight is 242 g/mol. The molecule has 0 saturated heterocycles. The van der Waals surface area contributed by atoms with E-state index in [0.717, 1.165) is 32.1 Å². The second kappa shape index (κ2) is 9.87. The summed E-state index contributed by atoms with van der Waals surface area (Å²) in [4.78, 5) is 21.8. The van der Waals surface area contributed by atoms with Crippen LogP contribution in [0.15, 0.2) is 12.2 Å². The van der Waals surface area contributed by atoms with Crippen LogP contribution in [0.2, 0.25) is 0 Å². The summed E-state index contributed by atoms with van der Waals surface area (Å²) < 4.78 is 9.49. The summed E-state index contributed by atoms with van der Waals surface area (Å²) in [5.41, 5.74) is 0.433. The minimum absolute atomic E-state index is 0.152. The van der Waals surface area contributed by atoms with E-state index in [9.17, 15) is 9.59 Å². The quantitative estimate of drug-likeness (QED) is 0.354. The van der Waals surface area contributed by atoms with E-state index in [4.69, 9.17) is 4.74 Å². The normalized spacial score (nSPS) is 9.76. The Hall–Kier alpha value is -1.32. The van der Waals surface area contributed by atoms with Crippen molar-refractivity contribution < 1.29 is 19.1 Å². The van der Waals surface area contributed by atoms with Crippen molar-refractivity contribution in [2.75, 3.05) is 13.7 Å². The zero-order chi connectivity index (χ0) is 13.1. The number of esters is 2. The highest BCUT2D eigenvalue weighted by Crippen LogP contribution is 2.06. The van der Waals surface area contributed by atoms with E-state index in [1.54, 1.807) is 6.92 Å². The Bertz CT molecular complexity index is 258. The van der Waals surface area contributed by atoms with Gasteiger partial charge in [-0.2, -0.15) is 0 Å². The predicted molar refractivity (Wildman–Crippen MR) is 65.5 cm³/mol. The highest BCUT2D eigenvalue weighted by molar-refractivity contribution is 5.86. The number of ether oxygens (including phenoxy) is 2. The molecule has 4 nitrogen and oxygen atoms in total. The van der Waals surface area contributed by atoms with Gasteiger partial charge in [-0.05, 0) is 19.8 Å². The van der Waals surface area contributed by atoms with Crippen LogP contribution in [0.3, 0.4) is 0 Å². The van der Waals surface area contributed by atoms with Crippen LogP contribution in [0, 0.1) is 0 Å². The molecule has 0 fully saturated rings. The Morgan fingerprint density at radius 3 is 2.24 bits per heavy atom. The number of rotatable bonds is 9. The monoisotopic (exact) mass is 242 g/mol. The van der Waals surface area contributed by atoms with Gasteiger partial charge in [0.25, 0.3) is 0 Å². The fraction of sp³-hybridized carbons (Fsp3) is 0.692. The molecule has 17 heavy (non-hydrogen) atoms. The molecule has 0 heterocycles. The molecule has 0 atom stereocenters. The summed E-state index contributed by atoms with van der Waals surface area (Å²) in [6.45, 7) is 5.58. The van der Waals surface area contributed by atoms with Gasteiger partial charge in [0.1, 0.15) is 0 Å². The predicted octanol–water partition coefficient (Wildman–Crippen LogP) is 2.62. The van der Waals surface area contributed by atoms with Gasteiger partial charge < -0.3 is 9.47 Å². The molecule has 0 aromatic carbocycles. The number of carbonyl (C=O) groups excluding carboxylic acids is 2. The average Bonchev–Trinajstić information content (AvgIpc) is 2.31. The van der Waals surface area contributed by atoms with Crippen LogP contribution in [0.1, 0.15) is 45.4 Å². The molecular formula is C13H22O4. The smallest absolute Gasteiger partial charge is 0.333 e. The first-order valence-electron chi connectivity index (χ1n) is 5.97. The highest BCUT2D eigenvalue weighted by Gasteiger charge is 2.02. The number of unbranched alkanes of at least 4 members (excludes halogenated alkanes) is 4. The molecule has 0 rings (SSSR count). The molecule has 0 aromatic heterocycles. The topological polar surface area (TPSA) is 52.6 Å². The second-order valence-corrected chi connectivity index (χ2v) is 4.01. The van der Waals surface area contributed by atoms with Gasteiger partial charge in [0, 0.05) is 12.0 Å². The number of methoxy groups -OCH3 is 1. The lowest BCUT2D eigenvalue weighted by Gasteiger charge is -2.04. The Balaban J connectivity index is 3.22. The van der Waals surface area contributed by atoms with Crippen molar-refractivity contribution in [2.24, 2.45) is 0 Å². The third-order valence-electron chi connectivity index (χ3n) is 2.33. The summed E-state index contributed by atoms with van der Waals surface area (Å²) in [7, 11) is 1.40. The van der Waals surface area contributed by atoms with E-state index in [-0.39, 0.29) is 11.9 Å². The third-order valence-corrected chi connectivity index (χ3v) is 2.33. The molecule has 0 aromatic rings. The van der Waals surface area contributed by atoms with Gasteiger partial charge >= 0.3 is 11.9 Å². The fourth-order valence-corrected chi connectivity index (χ4v) is 1.29. The van der Waals surface area contributed by atoms with E-state index in [1.165, 1.54) is 7.11 Å². The summed E-state index contributed by atoms with van der Waals surface area (Å²) in [5, 5.41) is 0. The van der Waals surface area contributed by atoms with Gasteiger partial charge in [0.2, 0.25) is 0 Å². The van der Waals surface area contributed by atoms with Gasteiger partial charge in [-0.15, -0.1) is 0 Å². The van der Waals surface area contributed by atoms with Crippen molar-refractivity contribution in [3.63, 3.8) is 0 Å². The van der Waals surface area contributed by atoms with Crippen LogP contribution in [0.4, 0.5) is 0 Å². The van der Waals surface area contributed by atoms with Crippen molar-refractivity contribution >= 4 is 11.9 Å². The van der Waals surface area contributed by atoms with E-state index >= 15 is 0 Å². The first-order chi connectivity index (χ1) is 8.07.